The SMILES string of the molecule is Cc1ccc(Nc2ncnc(N(CC(C)C)CC(C)C)c2N)c(C)c1. The van der Waals surface area contributed by atoms with Crippen molar-refractivity contribution in [3.63, 3.8) is 0 Å². The Kier molecular flexibility index (Phi) is 6.23. The summed E-state index contributed by atoms with van der Waals surface area (Å²) in [4.78, 5) is 11.1. The van der Waals surface area contributed by atoms with Crippen molar-refractivity contribution in [2.24, 2.45) is 11.8 Å². The van der Waals surface area contributed by atoms with Gasteiger partial charge in [0.05, 0.1) is 0 Å². The lowest BCUT2D eigenvalue weighted by atomic mass is 10.1. The summed E-state index contributed by atoms with van der Waals surface area (Å²) in [5.41, 5.74) is 10.5. The van der Waals surface area contributed by atoms with E-state index in [9.17, 15) is 0 Å². The molecule has 0 atom stereocenters. The first kappa shape index (κ1) is 19.0. The molecule has 0 saturated heterocycles. The van der Waals surface area contributed by atoms with Gasteiger partial charge < -0.3 is 16.0 Å². The maximum Gasteiger partial charge on any atom is 0.159 e. The lowest BCUT2D eigenvalue weighted by Crippen LogP contribution is -2.32. The third kappa shape index (κ3) is 5.08. The van der Waals surface area contributed by atoms with Crippen molar-refractivity contribution >= 4 is 23.0 Å². The van der Waals surface area contributed by atoms with Crippen LogP contribution in [-0.4, -0.2) is 23.1 Å². The van der Waals surface area contributed by atoms with Crippen LogP contribution in [0, 0.1) is 25.7 Å². The topological polar surface area (TPSA) is 67.1 Å². The summed E-state index contributed by atoms with van der Waals surface area (Å²) in [5, 5.41) is 3.37. The van der Waals surface area contributed by atoms with Gasteiger partial charge in [-0.3, -0.25) is 0 Å². The van der Waals surface area contributed by atoms with Gasteiger partial charge in [-0.15, -0.1) is 0 Å². The smallest absolute Gasteiger partial charge is 0.159 e. The van der Waals surface area contributed by atoms with Crippen LogP contribution in [0.4, 0.5) is 23.0 Å². The molecule has 3 N–H and O–H groups in total. The minimum Gasteiger partial charge on any atom is -0.393 e. The highest BCUT2D eigenvalue weighted by Gasteiger charge is 2.17. The normalized spacial score (nSPS) is 11.2. The van der Waals surface area contributed by atoms with Crippen molar-refractivity contribution < 1.29 is 0 Å². The number of nitrogens with two attached hydrogens (primary N) is 1. The summed E-state index contributed by atoms with van der Waals surface area (Å²) in [6.07, 6.45) is 1.59. The first-order valence-electron chi connectivity index (χ1n) is 8.97. The van der Waals surface area contributed by atoms with Crippen molar-refractivity contribution in [2.75, 3.05) is 29.0 Å². The van der Waals surface area contributed by atoms with Gasteiger partial charge in [-0.2, -0.15) is 0 Å². The zero-order valence-corrected chi connectivity index (χ0v) is 16.3. The van der Waals surface area contributed by atoms with Crippen molar-refractivity contribution in [1.82, 2.24) is 9.97 Å². The molecule has 5 nitrogen and oxygen atoms in total. The Bertz CT molecular complexity index is 699. The molecule has 1 aromatic carbocycles. The highest BCUT2D eigenvalue weighted by atomic mass is 15.2. The minimum absolute atomic E-state index is 0.531. The molecule has 1 heterocycles. The van der Waals surface area contributed by atoms with E-state index in [1.807, 2.05) is 0 Å². The van der Waals surface area contributed by atoms with Gasteiger partial charge in [0.25, 0.3) is 0 Å². The third-order valence-electron chi connectivity index (χ3n) is 3.97. The fourth-order valence-corrected chi connectivity index (χ4v) is 2.95. The predicted octanol–water partition coefficient (Wildman–Crippen LogP) is 4.54. The van der Waals surface area contributed by atoms with Gasteiger partial charge in [-0.05, 0) is 37.3 Å². The van der Waals surface area contributed by atoms with Gasteiger partial charge in [-0.25, -0.2) is 9.97 Å². The van der Waals surface area contributed by atoms with E-state index < -0.39 is 0 Å². The number of benzene rings is 1. The number of aromatic nitrogens is 2. The molecule has 0 unspecified atom stereocenters. The molecule has 0 radical (unpaired) electrons. The van der Waals surface area contributed by atoms with Crippen LogP contribution in [0.2, 0.25) is 0 Å². The molecule has 0 aliphatic rings. The quantitative estimate of drug-likeness (QED) is 0.774. The van der Waals surface area contributed by atoms with E-state index in [-0.39, 0.29) is 0 Å². The fourth-order valence-electron chi connectivity index (χ4n) is 2.95. The fraction of sp³-hybridized carbons (Fsp3) is 0.500. The van der Waals surface area contributed by atoms with E-state index >= 15 is 0 Å². The molecule has 5 heteroatoms. The van der Waals surface area contributed by atoms with Crippen LogP contribution in [-0.2, 0) is 0 Å². The Morgan fingerprint density at radius 1 is 1.04 bits per heavy atom. The zero-order chi connectivity index (χ0) is 18.6. The van der Waals surface area contributed by atoms with Gasteiger partial charge >= 0.3 is 0 Å². The summed E-state index contributed by atoms with van der Waals surface area (Å²) in [7, 11) is 0. The summed E-state index contributed by atoms with van der Waals surface area (Å²) >= 11 is 0. The van der Waals surface area contributed by atoms with Crippen molar-refractivity contribution in [2.45, 2.75) is 41.5 Å². The zero-order valence-electron chi connectivity index (χ0n) is 16.3. The molecule has 25 heavy (non-hydrogen) atoms. The highest BCUT2D eigenvalue weighted by molar-refractivity contribution is 5.79. The molecule has 1 aromatic heterocycles. The van der Waals surface area contributed by atoms with Crippen LogP contribution in [0.1, 0.15) is 38.8 Å². The number of hydrogen-bond donors (Lipinski definition) is 2. The Morgan fingerprint density at radius 2 is 1.68 bits per heavy atom. The molecule has 2 aromatic rings. The molecule has 0 amide bonds. The summed E-state index contributed by atoms with van der Waals surface area (Å²) < 4.78 is 0. The standard InChI is InChI=1S/C20H31N5/c1-13(2)10-25(11-14(3)4)20-18(21)19(22-12-23-20)24-17-8-7-15(5)9-16(17)6/h7-9,12-14H,10-11,21H2,1-6H3,(H,22,23,24). The molecule has 136 valence electrons. The molecular formula is C20H31N5. The lowest BCUT2D eigenvalue weighted by Gasteiger charge is -2.28. The number of nitrogens with one attached hydrogen (secondary N) is 1. The Hall–Kier alpha value is -2.30. The van der Waals surface area contributed by atoms with Gasteiger partial charge in [0, 0.05) is 18.8 Å². The van der Waals surface area contributed by atoms with Crippen molar-refractivity contribution in [3.05, 3.63) is 35.7 Å². The van der Waals surface area contributed by atoms with E-state index in [1.54, 1.807) is 6.33 Å². The Labute approximate surface area is 151 Å². The maximum atomic E-state index is 6.43. The van der Waals surface area contributed by atoms with Crippen LogP contribution >= 0.6 is 0 Å². The second kappa shape index (κ2) is 8.19. The first-order valence-corrected chi connectivity index (χ1v) is 8.97. The number of anilines is 4. The molecule has 0 bridgehead atoms. The second-order valence-electron chi connectivity index (χ2n) is 7.60. The van der Waals surface area contributed by atoms with E-state index in [4.69, 9.17) is 5.73 Å². The van der Waals surface area contributed by atoms with Gasteiger partial charge in [0.1, 0.15) is 12.0 Å². The highest BCUT2D eigenvalue weighted by Crippen LogP contribution is 2.30. The molecule has 0 aliphatic heterocycles. The van der Waals surface area contributed by atoms with Crippen LogP contribution in [0.15, 0.2) is 24.5 Å². The summed E-state index contributed by atoms with van der Waals surface area (Å²) in [6, 6.07) is 6.29. The van der Waals surface area contributed by atoms with Crippen molar-refractivity contribution in [1.29, 1.82) is 0 Å². The molecule has 0 fully saturated rings. The molecule has 0 saturated carbocycles. The average Bonchev–Trinajstić information content (AvgIpc) is 2.50. The Morgan fingerprint density at radius 3 is 2.24 bits per heavy atom. The summed E-state index contributed by atoms with van der Waals surface area (Å²) in [5.74, 6) is 2.53. The van der Waals surface area contributed by atoms with Crippen LogP contribution in [0.5, 0.6) is 0 Å². The van der Waals surface area contributed by atoms with E-state index in [0.29, 0.717) is 23.3 Å². The Balaban J connectivity index is 2.33. The monoisotopic (exact) mass is 341 g/mol. The lowest BCUT2D eigenvalue weighted by molar-refractivity contribution is 0.549. The van der Waals surface area contributed by atoms with Gasteiger partial charge in [0.15, 0.2) is 11.6 Å². The van der Waals surface area contributed by atoms with Crippen molar-refractivity contribution in [3.8, 4) is 0 Å². The number of aryl methyl sites for hydroxylation is 2. The minimum atomic E-state index is 0.531. The van der Waals surface area contributed by atoms with Gasteiger partial charge in [0.2, 0.25) is 0 Å². The molecule has 0 spiro atoms. The number of hydrogen-bond acceptors (Lipinski definition) is 5. The molecule has 2 rings (SSSR count). The van der Waals surface area contributed by atoms with Crippen LogP contribution < -0.4 is 16.0 Å². The second-order valence-corrected chi connectivity index (χ2v) is 7.60. The molecular weight excluding hydrogens is 310 g/mol. The average molecular weight is 342 g/mol. The maximum absolute atomic E-state index is 6.43. The first-order chi connectivity index (χ1) is 11.8. The number of nitrogen functional groups attached to an aromatic ring is 1. The van der Waals surface area contributed by atoms with Gasteiger partial charge in [-0.1, -0.05) is 45.4 Å². The third-order valence-corrected chi connectivity index (χ3v) is 3.97. The van der Waals surface area contributed by atoms with Crippen LogP contribution in [0.25, 0.3) is 0 Å². The predicted molar refractivity (Wildman–Crippen MR) is 108 cm³/mol. The molecule has 0 aliphatic carbocycles. The largest absolute Gasteiger partial charge is 0.393 e. The number of rotatable bonds is 7. The summed E-state index contributed by atoms with van der Waals surface area (Å²) in [6.45, 7) is 14.8. The van der Waals surface area contributed by atoms with Crippen LogP contribution in [0.3, 0.4) is 0 Å². The van der Waals surface area contributed by atoms with E-state index in [1.165, 1.54) is 11.1 Å². The van der Waals surface area contributed by atoms with E-state index in [0.717, 1.165) is 24.6 Å². The van der Waals surface area contributed by atoms with E-state index in [2.05, 4.69) is 79.9 Å². The number of nitrogens with zero attached hydrogens (tertiary/aromatic N) is 3.